The Bertz CT molecular complexity index is 1200. The van der Waals surface area contributed by atoms with Gasteiger partial charge in [-0.3, -0.25) is 4.79 Å². The van der Waals surface area contributed by atoms with Gasteiger partial charge in [-0.1, -0.05) is 54.6 Å². The van der Waals surface area contributed by atoms with E-state index in [0.717, 1.165) is 25.9 Å². The molecule has 3 fully saturated rings. The van der Waals surface area contributed by atoms with E-state index in [1.807, 2.05) is 30.3 Å². The van der Waals surface area contributed by atoms with Crippen molar-refractivity contribution < 1.29 is 27.6 Å². The average Bonchev–Trinajstić information content (AvgIpc) is 2.88. The first-order valence-corrected chi connectivity index (χ1v) is 12.3. The van der Waals surface area contributed by atoms with Crippen LogP contribution in [0.3, 0.4) is 0 Å². The van der Waals surface area contributed by atoms with Crippen LogP contribution in [0, 0.1) is 17.6 Å². The molecule has 0 spiro atoms. The minimum atomic E-state index is -0.958. The number of nitrogens with zero attached hydrogens (tertiary/aromatic N) is 1. The topological polar surface area (TPSA) is 55.4 Å². The molecule has 1 atom stereocenters. The second kappa shape index (κ2) is 10.2. The molecule has 3 heterocycles. The van der Waals surface area contributed by atoms with E-state index in [-0.39, 0.29) is 11.8 Å². The number of carbonyl (C=O) groups excluding carboxylic acids is 2. The summed E-state index contributed by atoms with van der Waals surface area (Å²) in [6, 6.07) is 20.7. The summed E-state index contributed by atoms with van der Waals surface area (Å²) in [5, 5.41) is 3.01. The van der Waals surface area contributed by atoms with Crippen molar-refractivity contribution in [3.8, 4) is 0 Å². The van der Waals surface area contributed by atoms with Gasteiger partial charge in [-0.2, -0.15) is 0 Å². The maximum Gasteiger partial charge on any atom is 0.408 e. The van der Waals surface area contributed by atoms with Crippen LogP contribution in [0.5, 0.6) is 0 Å². The summed E-state index contributed by atoms with van der Waals surface area (Å²) < 4.78 is 34.3. The number of ether oxygens (including phenoxy) is 1. The smallest absolute Gasteiger partial charge is 0.408 e. The Morgan fingerprint density at radius 3 is 2.08 bits per heavy atom. The Labute approximate surface area is 209 Å². The van der Waals surface area contributed by atoms with Gasteiger partial charge in [0.1, 0.15) is 18.2 Å². The van der Waals surface area contributed by atoms with Gasteiger partial charge < -0.3 is 14.5 Å². The zero-order valence-corrected chi connectivity index (χ0v) is 19.9. The molecule has 0 saturated carbocycles. The highest BCUT2D eigenvalue weighted by atomic mass is 19.1. The lowest BCUT2D eigenvalue weighted by Crippen LogP contribution is -2.68. The molecule has 2 bridgehead atoms. The fraction of sp³-hybridized carbons (Fsp3) is 0.310. The first-order chi connectivity index (χ1) is 17.4. The van der Waals surface area contributed by atoms with E-state index in [4.69, 9.17) is 4.74 Å². The first kappa shape index (κ1) is 24.1. The molecule has 3 aromatic rings. The number of rotatable bonds is 7. The van der Waals surface area contributed by atoms with Gasteiger partial charge in [0.25, 0.3) is 0 Å². The molecule has 3 aromatic carbocycles. The van der Waals surface area contributed by atoms with Crippen molar-refractivity contribution in [2.75, 3.05) is 26.2 Å². The highest BCUT2D eigenvalue weighted by Gasteiger charge is 2.47. The van der Waals surface area contributed by atoms with Gasteiger partial charge in [0, 0.05) is 18.4 Å². The fourth-order valence-electron chi connectivity index (χ4n) is 5.65. The van der Waals surface area contributed by atoms with Crippen LogP contribution < -0.4 is 5.32 Å². The van der Waals surface area contributed by atoms with E-state index in [1.54, 1.807) is 12.1 Å². The van der Waals surface area contributed by atoms with Crippen LogP contribution in [-0.4, -0.2) is 48.6 Å². The molecular weight excluding hydrogens is 462 g/mol. The lowest BCUT2D eigenvalue weighted by molar-refractivity contribution is -0.936. The average molecular weight is 492 g/mol. The predicted octanol–water partition coefficient (Wildman–Crippen LogP) is 5.27. The fourth-order valence-corrected chi connectivity index (χ4v) is 5.65. The predicted molar refractivity (Wildman–Crippen MR) is 131 cm³/mol. The molecule has 0 aromatic heterocycles. The zero-order valence-electron chi connectivity index (χ0n) is 19.9. The lowest BCUT2D eigenvalue weighted by atomic mass is 9.81. The molecule has 186 valence electrons. The third-order valence-corrected chi connectivity index (χ3v) is 7.51. The highest BCUT2D eigenvalue weighted by molar-refractivity contribution is 5.96. The molecule has 0 radical (unpaired) electrons. The third kappa shape index (κ3) is 5.31. The molecule has 1 amide bonds. The number of benzene rings is 3. The van der Waals surface area contributed by atoms with Gasteiger partial charge in [-0.15, -0.1) is 0 Å². The van der Waals surface area contributed by atoms with Gasteiger partial charge >= 0.3 is 6.09 Å². The van der Waals surface area contributed by atoms with E-state index >= 15 is 0 Å². The summed E-state index contributed by atoms with van der Waals surface area (Å²) in [5.41, 5.74) is 1.54. The number of halogens is 2. The summed E-state index contributed by atoms with van der Waals surface area (Å²) in [7, 11) is 0. The summed E-state index contributed by atoms with van der Waals surface area (Å²) >= 11 is 0. The summed E-state index contributed by atoms with van der Waals surface area (Å²) in [6.45, 7) is 2.87. The van der Waals surface area contributed by atoms with Crippen molar-refractivity contribution in [1.82, 2.24) is 5.32 Å². The third-order valence-electron chi connectivity index (χ3n) is 7.51. The number of hydrogen-bond acceptors (Lipinski definition) is 3. The maximum atomic E-state index is 13.9. The molecule has 5 nitrogen and oxygen atoms in total. The van der Waals surface area contributed by atoms with Crippen molar-refractivity contribution in [3.05, 3.63) is 107 Å². The normalized spacial score (nSPS) is 22.9. The van der Waals surface area contributed by atoms with E-state index in [2.05, 4.69) is 5.32 Å². The van der Waals surface area contributed by atoms with Crippen molar-refractivity contribution in [1.29, 1.82) is 0 Å². The van der Waals surface area contributed by atoms with Crippen LogP contribution in [-0.2, 0) is 4.74 Å². The Morgan fingerprint density at radius 2 is 1.50 bits per heavy atom. The van der Waals surface area contributed by atoms with E-state index in [1.165, 1.54) is 36.4 Å². The SMILES string of the molecule is O=C(NC1C[N+]2(CC(=O)c3ccccc3)CCC1CC2)OC(c1cccc(F)c1)c1cccc(F)c1. The molecule has 1 N–H and O–H groups in total. The minimum absolute atomic E-state index is 0.106. The second-order valence-corrected chi connectivity index (χ2v) is 9.90. The highest BCUT2D eigenvalue weighted by Crippen LogP contribution is 2.35. The molecule has 1 unspecified atom stereocenters. The Kier molecular flexibility index (Phi) is 6.83. The van der Waals surface area contributed by atoms with Crippen LogP contribution in [0.1, 0.15) is 40.4 Å². The molecule has 36 heavy (non-hydrogen) atoms. The van der Waals surface area contributed by atoms with Gasteiger partial charge in [0.15, 0.2) is 6.10 Å². The number of ketones is 1. The van der Waals surface area contributed by atoms with Gasteiger partial charge in [0.05, 0.1) is 25.7 Å². The largest absolute Gasteiger partial charge is 0.436 e. The number of Topliss-reactive ketones (excluding diaryl/α,β-unsaturated/α-hetero) is 1. The van der Waals surface area contributed by atoms with Crippen LogP contribution in [0.2, 0.25) is 0 Å². The van der Waals surface area contributed by atoms with Crippen molar-refractivity contribution in [2.24, 2.45) is 5.92 Å². The van der Waals surface area contributed by atoms with Crippen LogP contribution in [0.15, 0.2) is 78.9 Å². The maximum absolute atomic E-state index is 13.9. The number of piperidine rings is 3. The lowest BCUT2D eigenvalue weighted by Gasteiger charge is -2.52. The van der Waals surface area contributed by atoms with Crippen LogP contribution >= 0.6 is 0 Å². The monoisotopic (exact) mass is 491 g/mol. The van der Waals surface area contributed by atoms with Crippen LogP contribution in [0.4, 0.5) is 13.6 Å². The number of nitrogens with one attached hydrogen (secondary N) is 1. The zero-order chi connectivity index (χ0) is 25.1. The van der Waals surface area contributed by atoms with Crippen molar-refractivity contribution in [2.45, 2.75) is 25.0 Å². The second-order valence-electron chi connectivity index (χ2n) is 9.90. The van der Waals surface area contributed by atoms with Crippen molar-refractivity contribution >= 4 is 11.9 Å². The minimum Gasteiger partial charge on any atom is -0.436 e. The van der Waals surface area contributed by atoms with Gasteiger partial charge in [-0.05, 0) is 41.3 Å². The number of fused-ring (bicyclic) bond motifs is 3. The molecular formula is C29H29F2N2O3+. The number of amides is 1. The molecule has 6 rings (SSSR count). The number of quaternary nitrogens is 1. The summed E-state index contributed by atoms with van der Waals surface area (Å²) in [5.74, 6) is -0.518. The molecule has 3 aliphatic heterocycles. The quantitative estimate of drug-likeness (QED) is 0.362. The Morgan fingerprint density at radius 1 is 0.889 bits per heavy atom. The number of carbonyl (C=O) groups is 2. The molecule has 3 aliphatic rings. The van der Waals surface area contributed by atoms with Crippen LogP contribution in [0.25, 0.3) is 0 Å². The number of hydrogen-bond donors (Lipinski definition) is 1. The standard InChI is InChI=1S/C29H28F2N2O3/c30-24-10-4-8-22(16-24)28(23-9-5-11-25(31)17-23)36-29(35)32-26-18-33(14-12-20(26)13-15-33)19-27(34)21-6-2-1-3-7-21/h1-11,16-17,20,26,28H,12-15,18-19H2/p+1. The Balaban J connectivity index is 1.30. The molecule has 7 heteroatoms. The molecule has 3 saturated heterocycles. The van der Waals surface area contributed by atoms with E-state index < -0.39 is 23.8 Å². The van der Waals surface area contributed by atoms with Gasteiger partial charge in [-0.25, -0.2) is 13.6 Å². The van der Waals surface area contributed by atoms with E-state index in [9.17, 15) is 18.4 Å². The summed E-state index contributed by atoms with van der Waals surface area (Å²) in [4.78, 5) is 26.0. The van der Waals surface area contributed by atoms with Gasteiger partial charge in [0.2, 0.25) is 5.78 Å². The van der Waals surface area contributed by atoms with E-state index in [0.29, 0.717) is 40.2 Å². The Hall–Kier alpha value is -3.58. The number of alkyl carbamates (subject to hydrolysis) is 1. The first-order valence-electron chi connectivity index (χ1n) is 12.3. The summed E-state index contributed by atoms with van der Waals surface area (Å²) in [6.07, 6.45) is 0.245. The molecule has 0 aliphatic carbocycles. The van der Waals surface area contributed by atoms with Crippen molar-refractivity contribution in [3.63, 3.8) is 0 Å².